The SMILES string of the molecule is CC1CC(=O)N(OC(=O)CCCCCCCC(=O)NN2C(=O)CCC2=O)C1=O. The molecule has 0 aliphatic carbocycles. The molecule has 10 heteroatoms. The number of hydroxylamine groups is 2. The topological polar surface area (TPSA) is 130 Å². The fourth-order valence-electron chi connectivity index (χ4n) is 2.97. The van der Waals surface area contributed by atoms with E-state index in [1.54, 1.807) is 6.92 Å². The molecule has 0 radical (unpaired) electrons. The average Bonchev–Trinajstić information content (AvgIpc) is 3.08. The van der Waals surface area contributed by atoms with Crippen molar-refractivity contribution in [1.82, 2.24) is 15.5 Å². The van der Waals surface area contributed by atoms with Crippen LogP contribution in [0, 0.1) is 5.92 Å². The Balaban J connectivity index is 1.50. The molecule has 28 heavy (non-hydrogen) atoms. The number of hydrazine groups is 1. The summed E-state index contributed by atoms with van der Waals surface area (Å²) in [5.41, 5.74) is 2.31. The zero-order valence-electron chi connectivity index (χ0n) is 15.9. The lowest BCUT2D eigenvalue weighted by atomic mass is 10.1. The summed E-state index contributed by atoms with van der Waals surface area (Å²) >= 11 is 0. The van der Waals surface area contributed by atoms with Crippen molar-refractivity contribution in [3.8, 4) is 0 Å². The van der Waals surface area contributed by atoms with Crippen molar-refractivity contribution >= 4 is 35.5 Å². The molecule has 10 nitrogen and oxygen atoms in total. The minimum absolute atomic E-state index is 0.0553. The molecular weight excluding hydrogens is 370 g/mol. The molecule has 5 amide bonds. The van der Waals surface area contributed by atoms with Crippen LogP contribution in [0.2, 0.25) is 0 Å². The second-order valence-corrected chi connectivity index (χ2v) is 7.02. The number of amides is 5. The first-order valence-electron chi connectivity index (χ1n) is 9.52. The van der Waals surface area contributed by atoms with Gasteiger partial charge in [-0.3, -0.25) is 29.4 Å². The molecule has 0 aromatic carbocycles. The van der Waals surface area contributed by atoms with E-state index >= 15 is 0 Å². The van der Waals surface area contributed by atoms with E-state index in [0.717, 1.165) is 24.3 Å². The summed E-state index contributed by atoms with van der Waals surface area (Å²) in [6.45, 7) is 1.61. The number of nitrogens with one attached hydrogen (secondary N) is 1. The third-order valence-electron chi connectivity index (χ3n) is 4.59. The van der Waals surface area contributed by atoms with E-state index in [1.165, 1.54) is 0 Å². The summed E-state index contributed by atoms with van der Waals surface area (Å²) in [6.07, 6.45) is 4.04. The van der Waals surface area contributed by atoms with Crippen LogP contribution in [0.15, 0.2) is 0 Å². The highest BCUT2D eigenvalue weighted by molar-refractivity contribution is 6.03. The minimum Gasteiger partial charge on any atom is -0.330 e. The first kappa shape index (κ1) is 21.5. The lowest BCUT2D eigenvalue weighted by Crippen LogP contribution is -2.45. The van der Waals surface area contributed by atoms with E-state index in [4.69, 9.17) is 4.84 Å². The van der Waals surface area contributed by atoms with Crippen LogP contribution in [0.25, 0.3) is 0 Å². The van der Waals surface area contributed by atoms with Gasteiger partial charge >= 0.3 is 5.97 Å². The van der Waals surface area contributed by atoms with E-state index in [9.17, 15) is 28.8 Å². The van der Waals surface area contributed by atoms with Crippen molar-refractivity contribution in [2.45, 2.75) is 71.1 Å². The van der Waals surface area contributed by atoms with Gasteiger partial charge in [-0.1, -0.05) is 26.2 Å². The predicted octanol–water partition coefficient (Wildman–Crippen LogP) is 0.751. The Kier molecular flexibility index (Phi) is 7.65. The molecule has 1 N–H and O–H groups in total. The quantitative estimate of drug-likeness (QED) is 0.427. The fourth-order valence-corrected chi connectivity index (χ4v) is 2.97. The van der Waals surface area contributed by atoms with Crippen molar-refractivity contribution in [1.29, 1.82) is 0 Å². The molecule has 2 heterocycles. The number of hydrogen-bond donors (Lipinski definition) is 1. The van der Waals surface area contributed by atoms with Gasteiger partial charge in [0.25, 0.3) is 11.8 Å². The van der Waals surface area contributed by atoms with Gasteiger partial charge in [0.15, 0.2) is 0 Å². The first-order valence-corrected chi connectivity index (χ1v) is 9.52. The highest BCUT2D eigenvalue weighted by atomic mass is 16.7. The first-order chi connectivity index (χ1) is 13.3. The van der Waals surface area contributed by atoms with Crippen LogP contribution in [0.3, 0.4) is 0 Å². The average molecular weight is 395 g/mol. The van der Waals surface area contributed by atoms with Crippen LogP contribution in [0.5, 0.6) is 0 Å². The molecule has 1 atom stereocenters. The van der Waals surface area contributed by atoms with Crippen LogP contribution < -0.4 is 5.43 Å². The molecule has 0 aromatic heterocycles. The zero-order valence-corrected chi connectivity index (χ0v) is 15.9. The molecule has 2 aliphatic heterocycles. The Morgan fingerprint density at radius 2 is 1.50 bits per heavy atom. The van der Waals surface area contributed by atoms with Gasteiger partial charge in [0.2, 0.25) is 17.7 Å². The smallest absolute Gasteiger partial charge is 0.330 e. The van der Waals surface area contributed by atoms with Gasteiger partial charge in [0.05, 0.1) is 0 Å². The second-order valence-electron chi connectivity index (χ2n) is 7.02. The van der Waals surface area contributed by atoms with Crippen molar-refractivity contribution in [2.24, 2.45) is 5.92 Å². The van der Waals surface area contributed by atoms with Gasteiger partial charge in [-0.05, 0) is 12.8 Å². The van der Waals surface area contributed by atoms with Crippen molar-refractivity contribution < 1.29 is 33.6 Å². The number of hydrogen-bond acceptors (Lipinski definition) is 7. The van der Waals surface area contributed by atoms with Crippen LogP contribution >= 0.6 is 0 Å². The fraction of sp³-hybridized carbons (Fsp3) is 0.667. The lowest BCUT2D eigenvalue weighted by molar-refractivity contribution is -0.198. The van der Waals surface area contributed by atoms with Gasteiger partial charge in [-0.2, -0.15) is 5.01 Å². The summed E-state index contributed by atoms with van der Waals surface area (Å²) in [5.74, 6) is -3.22. The van der Waals surface area contributed by atoms with E-state index in [-0.39, 0.29) is 38.0 Å². The predicted molar refractivity (Wildman–Crippen MR) is 93.3 cm³/mol. The summed E-state index contributed by atoms with van der Waals surface area (Å²) in [6, 6.07) is 0. The van der Waals surface area contributed by atoms with Gasteiger partial charge in [0, 0.05) is 38.0 Å². The summed E-state index contributed by atoms with van der Waals surface area (Å²) in [5, 5.41) is 1.34. The maximum absolute atomic E-state index is 11.7. The van der Waals surface area contributed by atoms with Crippen molar-refractivity contribution in [2.75, 3.05) is 0 Å². The lowest BCUT2D eigenvalue weighted by Gasteiger charge is -2.14. The van der Waals surface area contributed by atoms with E-state index in [1.807, 2.05) is 0 Å². The van der Waals surface area contributed by atoms with Crippen LogP contribution in [0.1, 0.15) is 71.1 Å². The third-order valence-corrected chi connectivity index (χ3v) is 4.59. The van der Waals surface area contributed by atoms with E-state index in [0.29, 0.717) is 17.9 Å². The highest BCUT2D eigenvalue weighted by Gasteiger charge is 2.38. The molecule has 0 spiro atoms. The Morgan fingerprint density at radius 1 is 0.929 bits per heavy atom. The normalized spacial score (nSPS) is 19.5. The molecule has 0 aromatic rings. The molecule has 2 saturated heterocycles. The van der Waals surface area contributed by atoms with E-state index in [2.05, 4.69) is 5.43 Å². The Labute approximate surface area is 162 Å². The second kappa shape index (κ2) is 9.95. The van der Waals surface area contributed by atoms with Gasteiger partial charge in [-0.15, -0.1) is 5.06 Å². The van der Waals surface area contributed by atoms with Crippen LogP contribution in [0.4, 0.5) is 0 Å². The minimum atomic E-state index is -0.616. The van der Waals surface area contributed by atoms with E-state index < -0.39 is 35.5 Å². The van der Waals surface area contributed by atoms with Crippen LogP contribution in [-0.4, -0.2) is 45.6 Å². The molecule has 1 unspecified atom stereocenters. The summed E-state index contributed by atoms with van der Waals surface area (Å²) in [7, 11) is 0. The molecule has 0 saturated carbocycles. The van der Waals surface area contributed by atoms with Crippen molar-refractivity contribution in [3.05, 3.63) is 0 Å². The number of nitrogens with zero attached hydrogens (tertiary/aromatic N) is 2. The third kappa shape index (κ3) is 5.86. The van der Waals surface area contributed by atoms with Gasteiger partial charge < -0.3 is 4.84 Å². The Bertz CT molecular complexity index is 660. The molecular formula is C18H25N3O7. The molecule has 0 bridgehead atoms. The number of unbranched alkanes of at least 4 members (excludes halogenated alkanes) is 4. The number of carbonyl (C=O) groups excluding carboxylic acids is 6. The molecule has 154 valence electrons. The maximum Gasteiger partial charge on any atom is 0.333 e. The molecule has 2 rings (SSSR count). The van der Waals surface area contributed by atoms with Crippen molar-refractivity contribution in [3.63, 3.8) is 0 Å². The number of rotatable bonds is 10. The van der Waals surface area contributed by atoms with Gasteiger partial charge in [0.1, 0.15) is 0 Å². The zero-order chi connectivity index (χ0) is 20.7. The summed E-state index contributed by atoms with van der Waals surface area (Å²) in [4.78, 5) is 74.3. The largest absolute Gasteiger partial charge is 0.333 e. The Hall–Kier alpha value is -2.78. The molecule has 2 aliphatic rings. The maximum atomic E-state index is 11.7. The highest BCUT2D eigenvalue weighted by Crippen LogP contribution is 2.19. The number of imide groups is 2. The Morgan fingerprint density at radius 3 is 2.07 bits per heavy atom. The standard InChI is InChI=1S/C18H25N3O7/c1-12-11-16(25)21(18(12)27)28-17(26)8-6-4-2-3-5-7-13(22)19-20-14(23)9-10-15(20)24/h12H,2-11H2,1H3,(H,19,22). The monoisotopic (exact) mass is 395 g/mol. The summed E-state index contributed by atoms with van der Waals surface area (Å²) < 4.78 is 0. The molecule has 2 fully saturated rings. The van der Waals surface area contributed by atoms with Crippen LogP contribution in [-0.2, 0) is 33.6 Å². The number of carbonyl (C=O) groups is 6. The van der Waals surface area contributed by atoms with Gasteiger partial charge in [-0.25, -0.2) is 4.79 Å².